The van der Waals surface area contributed by atoms with Gasteiger partial charge < -0.3 is 5.11 Å². The molecule has 1 aliphatic rings. The molecule has 0 aliphatic carbocycles. The molecule has 1 atom stereocenters. The van der Waals surface area contributed by atoms with Gasteiger partial charge in [-0.05, 0) is 18.1 Å². The van der Waals surface area contributed by atoms with E-state index in [1.807, 2.05) is 41.1 Å². The molecule has 1 aliphatic heterocycles. The Bertz CT molecular complexity index is 644. The SMILES string of the molecule is N#Cc1cc2n(n1)CCN(CC[C@H](O)c1ccccc1)C2. The Balaban J connectivity index is 1.56. The number of hydrogen-bond donors (Lipinski definition) is 1. The summed E-state index contributed by atoms with van der Waals surface area (Å²) in [7, 11) is 0. The molecule has 0 bridgehead atoms. The molecule has 108 valence electrons. The number of benzene rings is 1. The fourth-order valence-electron chi connectivity index (χ4n) is 2.71. The minimum absolute atomic E-state index is 0.423. The van der Waals surface area contributed by atoms with Gasteiger partial charge in [0.2, 0.25) is 0 Å². The third-order valence-electron chi connectivity index (χ3n) is 3.89. The average molecular weight is 282 g/mol. The number of fused-ring (bicyclic) bond motifs is 1. The lowest BCUT2D eigenvalue weighted by atomic mass is 10.1. The van der Waals surface area contributed by atoms with Gasteiger partial charge in [0.1, 0.15) is 6.07 Å². The molecule has 2 aromatic rings. The first kappa shape index (κ1) is 13.8. The van der Waals surface area contributed by atoms with Crippen molar-refractivity contribution in [2.75, 3.05) is 13.1 Å². The zero-order chi connectivity index (χ0) is 14.7. The van der Waals surface area contributed by atoms with Gasteiger partial charge in [-0.25, -0.2) is 0 Å². The monoisotopic (exact) mass is 282 g/mol. The fourth-order valence-corrected chi connectivity index (χ4v) is 2.71. The molecule has 1 N–H and O–H groups in total. The van der Waals surface area contributed by atoms with Gasteiger partial charge in [0.15, 0.2) is 5.69 Å². The predicted octanol–water partition coefficient (Wildman–Crippen LogP) is 1.69. The number of aliphatic hydroxyl groups is 1. The van der Waals surface area contributed by atoms with Crippen LogP contribution in [0.3, 0.4) is 0 Å². The molecule has 1 aromatic heterocycles. The van der Waals surface area contributed by atoms with Crippen molar-refractivity contribution < 1.29 is 5.11 Å². The molecular formula is C16H18N4O. The van der Waals surface area contributed by atoms with Crippen LogP contribution in [0.2, 0.25) is 0 Å². The Hall–Kier alpha value is -2.16. The summed E-state index contributed by atoms with van der Waals surface area (Å²) in [5.41, 5.74) is 2.52. The summed E-state index contributed by atoms with van der Waals surface area (Å²) in [5.74, 6) is 0. The molecule has 0 fully saturated rings. The molecule has 5 heteroatoms. The summed E-state index contributed by atoms with van der Waals surface area (Å²) in [6.07, 6.45) is 0.288. The van der Waals surface area contributed by atoms with Crippen LogP contribution in [-0.2, 0) is 13.1 Å². The maximum Gasteiger partial charge on any atom is 0.162 e. The van der Waals surface area contributed by atoms with Crippen molar-refractivity contribution in [2.24, 2.45) is 0 Å². The summed E-state index contributed by atoms with van der Waals surface area (Å²) >= 11 is 0. The van der Waals surface area contributed by atoms with Gasteiger partial charge in [-0.1, -0.05) is 30.3 Å². The molecule has 3 rings (SSSR count). The highest BCUT2D eigenvalue weighted by Gasteiger charge is 2.19. The average Bonchev–Trinajstić information content (AvgIpc) is 2.95. The van der Waals surface area contributed by atoms with Gasteiger partial charge in [-0.3, -0.25) is 9.58 Å². The number of nitriles is 1. The van der Waals surface area contributed by atoms with E-state index in [-0.39, 0.29) is 0 Å². The number of aliphatic hydroxyl groups excluding tert-OH is 1. The Labute approximate surface area is 124 Å². The van der Waals surface area contributed by atoms with Crippen molar-refractivity contribution >= 4 is 0 Å². The highest BCUT2D eigenvalue weighted by Crippen LogP contribution is 2.19. The van der Waals surface area contributed by atoms with Crippen molar-refractivity contribution in [1.82, 2.24) is 14.7 Å². The maximum absolute atomic E-state index is 10.2. The Morgan fingerprint density at radius 1 is 1.29 bits per heavy atom. The van der Waals surface area contributed by atoms with E-state index in [2.05, 4.69) is 16.1 Å². The standard InChI is InChI=1S/C16H18N4O/c17-11-14-10-15-12-19(8-9-20(15)18-14)7-6-16(21)13-4-2-1-3-5-13/h1-5,10,16,21H,6-9,12H2/t16-/m0/s1. The second-order valence-corrected chi connectivity index (χ2v) is 5.35. The maximum atomic E-state index is 10.2. The largest absolute Gasteiger partial charge is 0.388 e. The Kier molecular flexibility index (Phi) is 4.00. The van der Waals surface area contributed by atoms with E-state index >= 15 is 0 Å². The highest BCUT2D eigenvalue weighted by molar-refractivity contribution is 5.23. The molecule has 0 spiro atoms. The van der Waals surface area contributed by atoms with Crippen LogP contribution < -0.4 is 0 Å². The summed E-state index contributed by atoms with van der Waals surface area (Å²) in [5, 5.41) is 23.3. The molecule has 1 aromatic carbocycles. The number of aromatic nitrogens is 2. The molecule has 2 heterocycles. The second-order valence-electron chi connectivity index (χ2n) is 5.35. The molecule has 21 heavy (non-hydrogen) atoms. The minimum atomic E-state index is -0.423. The first-order valence-electron chi connectivity index (χ1n) is 7.18. The van der Waals surface area contributed by atoms with Gasteiger partial charge in [-0.2, -0.15) is 10.4 Å². The fraction of sp³-hybridized carbons (Fsp3) is 0.375. The van der Waals surface area contributed by atoms with E-state index in [1.54, 1.807) is 0 Å². The van der Waals surface area contributed by atoms with Gasteiger partial charge in [-0.15, -0.1) is 0 Å². The lowest BCUT2D eigenvalue weighted by molar-refractivity contribution is 0.129. The van der Waals surface area contributed by atoms with Crippen molar-refractivity contribution in [3.8, 4) is 6.07 Å². The van der Waals surface area contributed by atoms with E-state index in [0.717, 1.165) is 37.4 Å². The van der Waals surface area contributed by atoms with Crippen LogP contribution in [0.4, 0.5) is 0 Å². The van der Waals surface area contributed by atoms with Crippen molar-refractivity contribution in [1.29, 1.82) is 5.26 Å². The molecule has 0 saturated carbocycles. The first-order valence-corrected chi connectivity index (χ1v) is 7.18. The first-order chi connectivity index (χ1) is 10.3. The lowest BCUT2D eigenvalue weighted by Crippen LogP contribution is -2.35. The summed E-state index contributed by atoms with van der Waals surface area (Å²) in [6, 6.07) is 13.7. The predicted molar refractivity (Wildman–Crippen MR) is 78.2 cm³/mol. The van der Waals surface area contributed by atoms with Crippen molar-refractivity contribution in [2.45, 2.75) is 25.6 Å². The van der Waals surface area contributed by atoms with E-state index in [4.69, 9.17) is 5.26 Å². The minimum Gasteiger partial charge on any atom is -0.388 e. The van der Waals surface area contributed by atoms with Gasteiger partial charge in [0, 0.05) is 19.6 Å². The zero-order valence-corrected chi connectivity index (χ0v) is 11.8. The lowest BCUT2D eigenvalue weighted by Gasteiger charge is -2.28. The van der Waals surface area contributed by atoms with Crippen LogP contribution >= 0.6 is 0 Å². The molecule has 0 unspecified atom stereocenters. The third kappa shape index (κ3) is 3.13. The number of nitrogens with zero attached hydrogens (tertiary/aromatic N) is 4. The molecule has 5 nitrogen and oxygen atoms in total. The van der Waals surface area contributed by atoms with E-state index in [9.17, 15) is 5.11 Å². The number of hydrogen-bond acceptors (Lipinski definition) is 4. The smallest absolute Gasteiger partial charge is 0.162 e. The van der Waals surface area contributed by atoms with E-state index < -0.39 is 6.10 Å². The number of rotatable bonds is 4. The summed E-state index contributed by atoms with van der Waals surface area (Å²) in [4.78, 5) is 2.30. The normalized spacial score (nSPS) is 16.2. The summed E-state index contributed by atoms with van der Waals surface area (Å²) in [6.45, 7) is 3.33. The Morgan fingerprint density at radius 2 is 2.10 bits per heavy atom. The van der Waals surface area contributed by atoms with E-state index in [0.29, 0.717) is 12.1 Å². The Morgan fingerprint density at radius 3 is 2.86 bits per heavy atom. The van der Waals surface area contributed by atoms with Crippen LogP contribution in [0.15, 0.2) is 36.4 Å². The topological polar surface area (TPSA) is 65.1 Å². The van der Waals surface area contributed by atoms with Crippen molar-refractivity contribution in [3.63, 3.8) is 0 Å². The van der Waals surface area contributed by atoms with Gasteiger partial charge >= 0.3 is 0 Å². The quantitative estimate of drug-likeness (QED) is 0.927. The second kappa shape index (κ2) is 6.08. The summed E-state index contributed by atoms with van der Waals surface area (Å²) < 4.78 is 1.91. The highest BCUT2D eigenvalue weighted by atomic mass is 16.3. The van der Waals surface area contributed by atoms with Crippen LogP contribution in [0.1, 0.15) is 29.5 Å². The van der Waals surface area contributed by atoms with Crippen molar-refractivity contribution in [3.05, 3.63) is 53.3 Å². The van der Waals surface area contributed by atoms with E-state index in [1.165, 1.54) is 0 Å². The van der Waals surface area contributed by atoms with Crippen LogP contribution in [0.25, 0.3) is 0 Å². The molecule has 0 saturated heterocycles. The zero-order valence-electron chi connectivity index (χ0n) is 11.8. The molecule has 0 radical (unpaired) electrons. The third-order valence-corrected chi connectivity index (χ3v) is 3.89. The van der Waals surface area contributed by atoms with Crippen LogP contribution in [0, 0.1) is 11.3 Å². The molecule has 0 amide bonds. The van der Waals surface area contributed by atoms with Gasteiger partial charge in [0.25, 0.3) is 0 Å². The van der Waals surface area contributed by atoms with Crippen LogP contribution in [0.5, 0.6) is 0 Å². The van der Waals surface area contributed by atoms with Gasteiger partial charge in [0.05, 0.1) is 18.3 Å². The molecular weight excluding hydrogens is 264 g/mol. The van der Waals surface area contributed by atoms with Crippen LogP contribution in [-0.4, -0.2) is 32.9 Å².